The van der Waals surface area contributed by atoms with Gasteiger partial charge in [-0.3, -0.25) is 14.5 Å². The number of rotatable bonds is 4. The summed E-state index contributed by atoms with van der Waals surface area (Å²) in [6.45, 7) is 0.213. The Kier molecular flexibility index (Phi) is 4.07. The van der Waals surface area contributed by atoms with Gasteiger partial charge in [-0.25, -0.2) is 9.78 Å². The monoisotopic (exact) mass is 395 g/mol. The SMILES string of the molecule is CO/N=C(\C(=O)N[C@H]1C(=O)N2C3=C(COC3=O)CS[C@@H]12)c1csc(N)n1. The second kappa shape index (κ2) is 6.29. The molecule has 3 N–H and O–H groups in total. The van der Waals surface area contributed by atoms with E-state index in [-0.39, 0.29) is 34.4 Å². The van der Waals surface area contributed by atoms with Gasteiger partial charge in [0.05, 0.1) is 0 Å². The lowest BCUT2D eigenvalue weighted by atomic mass is 10.0. The minimum absolute atomic E-state index is 0.0762. The van der Waals surface area contributed by atoms with Crippen LogP contribution in [0.15, 0.2) is 21.8 Å². The number of ether oxygens (including phenoxy) is 1. The first-order chi connectivity index (χ1) is 12.5. The highest BCUT2D eigenvalue weighted by Gasteiger charge is 2.55. The van der Waals surface area contributed by atoms with Gasteiger partial charge in [0, 0.05) is 16.7 Å². The van der Waals surface area contributed by atoms with Gasteiger partial charge >= 0.3 is 5.97 Å². The molecule has 2 atom stereocenters. The molecule has 1 fully saturated rings. The van der Waals surface area contributed by atoms with E-state index in [0.29, 0.717) is 11.4 Å². The number of β-lactam (4-membered cyclic amide) rings is 1. The molecule has 1 aromatic heterocycles. The third-order valence-electron chi connectivity index (χ3n) is 4.07. The van der Waals surface area contributed by atoms with E-state index in [9.17, 15) is 14.4 Å². The smallest absolute Gasteiger partial charge is 0.355 e. The Labute approximate surface area is 155 Å². The molecule has 0 unspecified atom stereocenters. The van der Waals surface area contributed by atoms with Crippen LogP contribution in [0.2, 0.25) is 0 Å². The molecule has 10 nitrogen and oxygen atoms in total. The highest BCUT2D eigenvalue weighted by atomic mass is 32.2. The zero-order valence-corrected chi connectivity index (χ0v) is 15.1. The first kappa shape index (κ1) is 16.8. The lowest BCUT2D eigenvalue weighted by Gasteiger charge is -2.48. The van der Waals surface area contributed by atoms with Gasteiger partial charge in [-0.15, -0.1) is 23.1 Å². The number of esters is 1. The van der Waals surface area contributed by atoms with E-state index in [1.165, 1.54) is 23.8 Å². The number of thioether (sulfide) groups is 1. The molecule has 4 rings (SSSR count). The summed E-state index contributed by atoms with van der Waals surface area (Å²) >= 11 is 2.62. The Morgan fingerprint density at radius 3 is 3.04 bits per heavy atom. The summed E-state index contributed by atoms with van der Waals surface area (Å²) in [5, 5.41) is 7.82. The number of hydrogen-bond acceptors (Lipinski definition) is 10. The Bertz CT molecular complexity index is 879. The number of nitrogen functional groups attached to an aromatic ring is 1. The van der Waals surface area contributed by atoms with Gasteiger partial charge in [0.15, 0.2) is 10.8 Å². The van der Waals surface area contributed by atoms with Gasteiger partial charge in [-0.1, -0.05) is 5.16 Å². The summed E-state index contributed by atoms with van der Waals surface area (Å²) in [4.78, 5) is 47.0. The van der Waals surface area contributed by atoms with E-state index in [4.69, 9.17) is 15.3 Å². The number of nitrogens with zero attached hydrogens (tertiary/aromatic N) is 3. The van der Waals surface area contributed by atoms with Crippen molar-refractivity contribution in [3.8, 4) is 0 Å². The number of amides is 2. The van der Waals surface area contributed by atoms with E-state index >= 15 is 0 Å². The fourth-order valence-corrected chi connectivity index (χ4v) is 4.78. The van der Waals surface area contributed by atoms with Gasteiger partial charge in [0.2, 0.25) is 0 Å². The molecule has 26 heavy (non-hydrogen) atoms. The van der Waals surface area contributed by atoms with Crippen molar-refractivity contribution in [1.29, 1.82) is 0 Å². The van der Waals surface area contributed by atoms with E-state index in [2.05, 4.69) is 15.5 Å². The molecule has 0 aromatic carbocycles. The second-order valence-corrected chi connectivity index (χ2v) is 7.58. The molecule has 1 aromatic rings. The lowest BCUT2D eigenvalue weighted by molar-refractivity contribution is -0.150. The standard InChI is InChI=1S/C14H13N5O5S2/c1-23-18-7(6-4-26-14(15)16-6)10(20)17-8-11(21)19-9-5(2-24-13(9)22)3-25-12(8)19/h4,8,12H,2-3H2,1H3,(H2,15,16)(H,17,20)/b18-7-/t8-,12-/m0/s1. The third kappa shape index (κ3) is 2.52. The van der Waals surface area contributed by atoms with Crippen LogP contribution in [0.1, 0.15) is 5.69 Å². The predicted molar refractivity (Wildman–Crippen MR) is 93.1 cm³/mol. The summed E-state index contributed by atoms with van der Waals surface area (Å²) < 4.78 is 4.99. The molecule has 1 saturated heterocycles. The fourth-order valence-electron chi connectivity index (χ4n) is 2.91. The molecular formula is C14H13N5O5S2. The molecule has 0 radical (unpaired) electrons. The Balaban J connectivity index is 1.51. The minimum Gasteiger partial charge on any atom is -0.456 e. The summed E-state index contributed by atoms with van der Waals surface area (Å²) in [7, 11) is 1.30. The predicted octanol–water partition coefficient (Wildman–Crippen LogP) is -0.713. The molecular weight excluding hydrogens is 382 g/mol. The number of carbonyl (C=O) groups excluding carboxylic acids is 3. The molecule has 0 aliphatic carbocycles. The molecule has 0 bridgehead atoms. The van der Waals surface area contributed by atoms with Gasteiger partial charge in [-0.05, 0) is 0 Å². The zero-order chi connectivity index (χ0) is 18.4. The molecule has 3 aliphatic rings. The number of cyclic esters (lactones) is 1. The Hall–Kier alpha value is -2.60. The second-order valence-electron chi connectivity index (χ2n) is 5.58. The number of nitrogens with two attached hydrogens (primary N) is 1. The van der Waals surface area contributed by atoms with Crippen molar-refractivity contribution in [2.24, 2.45) is 5.16 Å². The van der Waals surface area contributed by atoms with Crippen molar-refractivity contribution in [2.45, 2.75) is 11.4 Å². The maximum Gasteiger partial charge on any atom is 0.355 e. The Morgan fingerprint density at radius 1 is 1.54 bits per heavy atom. The number of hydrogen-bond donors (Lipinski definition) is 2. The number of carbonyl (C=O) groups is 3. The van der Waals surface area contributed by atoms with Crippen molar-refractivity contribution in [1.82, 2.24) is 15.2 Å². The van der Waals surface area contributed by atoms with E-state index in [1.807, 2.05) is 0 Å². The van der Waals surface area contributed by atoms with E-state index in [0.717, 1.165) is 16.9 Å². The molecule has 136 valence electrons. The average Bonchev–Trinajstić information content (AvgIpc) is 3.22. The quantitative estimate of drug-likeness (QED) is 0.295. The fraction of sp³-hybridized carbons (Fsp3) is 0.357. The zero-order valence-electron chi connectivity index (χ0n) is 13.4. The van der Waals surface area contributed by atoms with Crippen molar-refractivity contribution in [2.75, 3.05) is 25.2 Å². The number of fused-ring (bicyclic) bond motifs is 2. The maximum absolute atomic E-state index is 12.6. The van der Waals surface area contributed by atoms with Crippen molar-refractivity contribution in [3.05, 3.63) is 22.3 Å². The molecule has 4 heterocycles. The summed E-state index contributed by atoms with van der Waals surface area (Å²) in [5.41, 5.74) is 6.88. The normalized spacial score (nSPS) is 24.7. The van der Waals surface area contributed by atoms with Gasteiger partial charge < -0.3 is 20.6 Å². The van der Waals surface area contributed by atoms with E-state index in [1.54, 1.807) is 5.38 Å². The number of oxime groups is 1. The molecule has 12 heteroatoms. The topological polar surface area (TPSA) is 136 Å². The van der Waals surface area contributed by atoms with Crippen LogP contribution in [0.5, 0.6) is 0 Å². The molecule has 3 aliphatic heterocycles. The van der Waals surface area contributed by atoms with Crippen LogP contribution in [-0.2, 0) is 24.0 Å². The average molecular weight is 395 g/mol. The highest BCUT2D eigenvalue weighted by molar-refractivity contribution is 8.00. The van der Waals surface area contributed by atoms with Crippen molar-refractivity contribution < 1.29 is 24.0 Å². The van der Waals surface area contributed by atoms with Crippen LogP contribution in [0.4, 0.5) is 5.13 Å². The molecule has 0 saturated carbocycles. The third-order valence-corrected chi connectivity index (χ3v) is 6.08. The minimum atomic E-state index is -0.770. The lowest BCUT2D eigenvalue weighted by Crippen LogP contribution is -2.70. The van der Waals surface area contributed by atoms with Gasteiger partial charge in [-0.2, -0.15) is 0 Å². The Morgan fingerprint density at radius 2 is 2.35 bits per heavy atom. The highest BCUT2D eigenvalue weighted by Crippen LogP contribution is 2.42. The summed E-state index contributed by atoms with van der Waals surface area (Å²) in [5.74, 6) is -0.896. The van der Waals surface area contributed by atoms with E-state index < -0.39 is 17.9 Å². The number of aromatic nitrogens is 1. The van der Waals surface area contributed by atoms with Crippen LogP contribution in [-0.4, -0.2) is 64.3 Å². The number of nitrogens with one attached hydrogen (secondary N) is 1. The van der Waals surface area contributed by atoms with Crippen LogP contribution < -0.4 is 11.1 Å². The maximum atomic E-state index is 12.6. The summed E-state index contributed by atoms with van der Waals surface area (Å²) in [6, 6.07) is -0.770. The van der Waals surface area contributed by atoms with Gasteiger partial charge in [0.1, 0.15) is 36.5 Å². The van der Waals surface area contributed by atoms with Crippen LogP contribution >= 0.6 is 23.1 Å². The molecule has 0 spiro atoms. The van der Waals surface area contributed by atoms with Gasteiger partial charge in [0.25, 0.3) is 11.8 Å². The van der Waals surface area contributed by atoms with Crippen LogP contribution in [0.25, 0.3) is 0 Å². The van der Waals surface area contributed by atoms with Crippen LogP contribution in [0, 0.1) is 0 Å². The van der Waals surface area contributed by atoms with Crippen LogP contribution in [0.3, 0.4) is 0 Å². The molecule has 2 amide bonds. The van der Waals surface area contributed by atoms with Crippen molar-refractivity contribution in [3.63, 3.8) is 0 Å². The first-order valence-corrected chi connectivity index (χ1v) is 9.41. The first-order valence-electron chi connectivity index (χ1n) is 7.48. The number of anilines is 1. The summed E-state index contributed by atoms with van der Waals surface area (Å²) in [6.07, 6.45) is 0. The largest absolute Gasteiger partial charge is 0.456 e. The number of thiazole rings is 1. The van der Waals surface area contributed by atoms with Crippen molar-refractivity contribution >= 4 is 51.7 Å².